The average Bonchev–Trinajstić information content (AvgIpc) is 2.89. The van der Waals surface area contributed by atoms with Crippen molar-refractivity contribution in [3.63, 3.8) is 0 Å². The summed E-state index contributed by atoms with van der Waals surface area (Å²) in [4.78, 5) is 25.0. The summed E-state index contributed by atoms with van der Waals surface area (Å²) >= 11 is 0. The normalized spacial score (nSPS) is 17.3. The van der Waals surface area contributed by atoms with E-state index in [0.29, 0.717) is 29.9 Å². The van der Waals surface area contributed by atoms with E-state index in [1.165, 1.54) is 11.0 Å². The Morgan fingerprint density at radius 1 is 1.17 bits per heavy atom. The maximum absolute atomic E-state index is 13.8. The number of benzene rings is 2. The van der Waals surface area contributed by atoms with Crippen LogP contribution in [0.2, 0.25) is 0 Å². The average molecular weight is 313 g/mol. The van der Waals surface area contributed by atoms with Gasteiger partial charge in [-0.2, -0.15) is 0 Å². The lowest BCUT2D eigenvalue weighted by atomic mass is 10.1. The Hall–Kier alpha value is -2.89. The van der Waals surface area contributed by atoms with Gasteiger partial charge < -0.3 is 16.0 Å². The predicted octanol–water partition coefficient (Wildman–Crippen LogP) is 2.14. The zero-order chi connectivity index (χ0) is 16.4. The highest BCUT2D eigenvalue weighted by molar-refractivity contribution is 6.01. The van der Waals surface area contributed by atoms with E-state index in [0.717, 1.165) is 0 Å². The molecule has 0 aromatic heterocycles. The molecule has 0 radical (unpaired) electrons. The molecular formula is C17H16FN3O2. The van der Waals surface area contributed by atoms with Gasteiger partial charge in [-0.15, -0.1) is 0 Å². The lowest BCUT2D eigenvalue weighted by Gasteiger charge is -2.18. The van der Waals surface area contributed by atoms with Crippen molar-refractivity contribution in [1.82, 2.24) is 0 Å². The molecule has 1 unspecified atom stereocenters. The highest BCUT2D eigenvalue weighted by Crippen LogP contribution is 2.26. The quantitative estimate of drug-likeness (QED) is 0.908. The van der Waals surface area contributed by atoms with E-state index < -0.39 is 17.8 Å². The van der Waals surface area contributed by atoms with Gasteiger partial charge in [0, 0.05) is 17.8 Å². The number of anilines is 2. The fourth-order valence-electron chi connectivity index (χ4n) is 2.66. The third-order valence-corrected chi connectivity index (χ3v) is 3.86. The van der Waals surface area contributed by atoms with Crippen LogP contribution in [-0.2, 0) is 4.79 Å². The molecule has 1 saturated heterocycles. The van der Waals surface area contributed by atoms with E-state index in [1.54, 1.807) is 42.5 Å². The summed E-state index contributed by atoms with van der Waals surface area (Å²) in [7, 11) is 0. The SMILES string of the molecule is NC(=O)c1ccc(NC2CCN(c3ccccc3F)C2=O)cc1. The molecule has 0 saturated carbocycles. The van der Waals surface area contributed by atoms with Crippen LogP contribution in [-0.4, -0.2) is 24.4 Å². The molecule has 1 aliphatic rings. The third kappa shape index (κ3) is 3.01. The summed E-state index contributed by atoms with van der Waals surface area (Å²) in [5.41, 5.74) is 6.60. The molecule has 3 rings (SSSR count). The smallest absolute Gasteiger partial charge is 0.249 e. The van der Waals surface area contributed by atoms with Crippen molar-refractivity contribution in [2.75, 3.05) is 16.8 Å². The minimum absolute atomic E-state index is 0.172. The van der Waals surface area contributed by atoms with Crippen LogP contribution in [0.4, 0.5) is 15.8 Å². The Bertz CT molecular complexity index is 746. The summed E-state index contributed by atoms with van der Waals surface area (Å²) < 4.78 is 13.8. The number of nitrogens with two attached hydrogens (primary N) is 1. The largest absolute Gasteiger partial charge is 0.374 e. The second kappa shape index (κ2) is 6.08. The fourth-order valence-corrected chi connectivity index (χ4v) is 2.66. The Labute approximate surface area is 132 Å². The summed E-state index contributed by atoms with van der Waals surface area (Å²) in [5, 5.41) is 3.11. The monoisotopic (exact) mass is 313 g/mol. The second-order valence-electron chi connectivity index (χ2n) is 5.37. The van der Waals surface area contributed by atoms with Crippen LogP contribution in [0.1, 0.15) is 16.8 Å². The highest BCUT2D eigenvalue weighted by Gasteiger charge is 2.33. The van der Waals surface area contributed by atoms with Crippen LogP contribution in [0, 0.1) is 5.82 Å². The van der Waals surface area contributed by atoms with Gasteiger partial charge in [-0.25, -0.2) is 4.39 Å². The van der Waals surface area contributed by atoms with Crippen molar-refractivity contribution in [2.24, 2.45) is 5.73 Å². The zero-order valence-electron chi connectivity index (χ0n) is 12.3. The Balaban J connectivity index is 1.72. The first kappa shape index (κ1) is 15.0. The van der Waals surface area contributed by atoms with E-state index in [2.05, 4.69) is 5.32 Å². The van der Waals surface area contributed by atoms with Gasteiger partial charge in [-0.05, 0) is 42.8 Å². The molecule has 0 aliphatic carbocycles. The maximum atomic E-state index is 13.8. The van der Waals surface area contributed by atoms with E-state index in [4.69, 9.17) is 5.73 Å². The number of rotatable bonds is 4. The Morgan fingerprint density at radius 2 is 1.87 bits per heavy atom. The first-order chi connectivity index (χ1) is 11.1. The number of nitrogens with zero attached hydrogens (tertiary/aromatic N) is 1. The van der Waals surface area contributed by atoms with Crippen molar-refractivity contribution in [2.45, 2.75) is 12.5 Å². The molecule has 1 fully saturated rings. The van der Waals surface area contributed by atoms with Crippen LogP contribution >= 0.6 is 0 Å². The molecule has 3 N–H and O–H groups in total. The topological polar surface area (TPSA) is 75.4 Å². The van der Waals surface area contributed by atoms with Gasteiger partial charge in [0.15, 0.2) is 0 Å². The molecule has 118 valence electrons. The number of para-hydroxylation sites is 1. The van der Waals surface area contributed by atoms with Gasteiger partial charge in [-0.1, -0.05) is 12.1 Å². The number of hydrogen-bond acceptors (Lipinski definition) is 3. The van der Waals surface area contributed by atoms with Gasteiger partial charge >= 0.3 is 0 Å². The molecule has 2 aromatic rings. The van der Waals surface area contributed by atoms with Crippen molar-refractivity contribution >= 4 is 23.2 Å². The van der Waals surface area contributed by atoms with Crippen molar-refractivity contribution < 1.29 is 14.0 Å². The molecule has 0 bridgehead atoms. The molecule has 1 atom stereocenters. The number of halogens is 1. The second-order valence-corrected chi connectivity index (χ2v) is 5.37. The molecule has 1 heterocycles. The summed E-state index contributed by atoms with van der Waals surface area (Å²) in [6.45, 7) is 0.455. The lowest BCUT2D eigenvalue weighted by molar-refractivity contribution is -0.117. The van der Waals surface area contributed by atoms with E-state index in [9.17, 15) is 14.0 Å². The maximum Gasteiger partial charge on any atom is 0.249 e. The van der Waals surface area contributed by atoms with Crippen LogP contribution in [0.25, 0.3) is 0 Å². The molecule has 1 aliphatic heterocycles. The number of amides is 2. The third-order valence-electron chi connectivity index (χ3n) is 3.86. The molecular weight excluding hydrogens is 297 g/mol. The van der Waals surface area contributed by atoms with Gasteiger partial charge in [-0.3, -0.25) is 9.59 Å². The Kier molecular flexibility index (Phi) is 3.97. The minimum Gasteiger partial charge on any atom is -0.374 e. The van der Waals surface area contributed by atoms with Crippen LogP contribution in [0.5, 0.6) is 0 Å². The fraction of sp³-hybridized carbons (Fsp3) is 0.176. The first-order valence-electron chi connectivity index (χ1n) is 7.28. The number of nitrogens with one attached hydrogen (secondary N) is 1. The standard InChI is InChI=1S/C17H16FN3O2/c18-13-3-1-2-4-15(13)21-10-9-14(17(21)23)20-12-7-5-11(6-8-12)16(19)22/h1-8,14,20H,9-10H2,(H2,19,22). The lowest BCUT2D eigenvalue weighted by Crippen LogP contribution is -2.33. The van der Waals surface area contributed by atoms with Crippen LogP contribution < -0.4 is 16.0 Å². The van der Waals surface area contributed by atoms with Gasteiger partial charge in [0.05, 0.1) is 5.69 Å². The summed E-state index contributed by atoms with van der Waals surface area (Å²) in [5.74, 6) is -1.08. The molecule has 5 nitrogen and oxygen atoms in total. The van der Waals surface area contributed by atoms with Crippen molar-refractivity contribution in [1.29, 1.82) is 0 Å². The van der Waals surface area contributed by atoms with Crippen molar-refractivity contribution in [3.8, 4) is 0 Å². The Morgan fingerprint density at radius 3 is 2.52 bits per heavy atom. The molecule has 6 heteroatoms. The number of primary amides is 1. The van der Waals surface area contributed by atoms with Crippen LogP contribution in [0.15, 0.2) is 48.5 Å². The summed E-state index contributed by atoms with van der Waals surface area (Å²) in [6, 6.07) is 12.4. The minimum atomic E-state index is -0.501. The van der Waals surface area contributed by atoms with E-state index in [-0.39, 0.29) is 5.91 Å². The molecule has 0 spiro atoms. The highest BCUT2D eigenvalue weighted by atomic mass is 19.1. The van der Waals surface area contributed by atoms with Crippen molar-refractivity contribution in [3.05, 3.63) is 59.9 Å². The van der Waals surface area contributed by atoms with E-state index >= 15 is 0 Å². The number of hydrogen-bond donors (Lipinski definition) is 2. The van der Waals surface area contributed by atoms with Gasteiger partial charge in [0.1, 0.15) is 11.9 Å². The molecule has 2 amide bonds. The zero-order valence-corrected chi connectivity index (χ0v) is 12.3. The van der Waals surface area contributed by atoms with E-state index in [1.807, 2.05) is 0 Å². The van der Waals surface area contributed by atoms with Gasteiger partial charge in [0.2, 0.25) is 11.8 Å². The predicted molar refractivity (Wildman–Crippen MR) is 85.7 cm³/mol. The number of carbonyl (C=O) groups excluding carboxylic acids is 2. The summed E-state index contributed by atoms with van der Waals surface area (Å²) in [6.07, 6.45) is 0.574. The number of carbonyl (C=O) groups is 2. The van der Waals surface area contributed by atoms with Crippen LogP contribution in [0.3, 0.4) is 0 Å². The molecule has 23 heavy (non-hydrogen) atoms. The first-order valence-corrected chi connectivity index (χ1v) is 7.28. The van der Waals surface area contributed by atoms with Gasteiger partial charge in [0.25, 0.3) is 0 Å². The molecule has 2 aromatic carbocycles.